The summed E-state index contributed by atoms with van der Waals surface area (Å²) in [5, 5.41) is 11.2. The molecule has 0 radical (unpaired) electrons. The van der Waals surface area contributed by atoms with Crippen molar-refractivity contribution in [2.75, 3.05) is 13.2 Å². The number of hydrogen-bond acceptors (Lipinski definition) is 4. The van der Waals surface area contributed by atoms with E-state index in [1.807, 2.05) is 12.1 Å². The molecule has 0 bridgehead atoms. The van der Waals surface area contributed by atoms with Gasteiger partial charge in [0.25, 0.3) is 0 Å². The summed E-state index contributed by atoms with van der Waals surface area (Å²) in [4.78, 5) is 4.36. The molecule has 0 amide bonds. The van der Waals surface area contributed by atoms with Crippen molar-refractivity contribution in [3.63, 3.8) is 0 Å². The van der Waals surface area contributed by atoms with Crippen LogP contribution in [-0.2, 0) is 4.74 Å². The van der Waals surface area contributed by atoms with Crippen molar-refractivity contribution in [3.05, 3.63) is 23.9 Å². The molecule has 0 aromatic carbocycles. The van der Waals surface area contributed by atoms with Crippen LogP contribution in [0.25, 0.3) is 0 Å². The molecule has 2 heterocycles. The summed E-state index contributed by atoms with van der Waals surface area (Å²) in [7, 11) is 0. The fourth-order valence-electron chi connectivity index (χ4n) is 1.77. The van der Waals surface area contributed by atoms with Crippen molar-refractivity contribution in [1.82, 2.24) is 4.98 Å². The molecule has 88 valence electrons. The Balaban J connectivity index is 2.07. The highest BCUT2D eigenvalue weighted by Crippen LogP contribution is 2.32. The fraction of sp³-hybridized carbons (Fsp3) is 0.583. The summed E-state index contributed by atoms with van der Waals surface area (Å²) in [6.07, 6.45) is 3.48. The van der Waals surface area contributed by atoms with E-state index in [1.165, 1.54) is 0 Å². The van der Waals surface area contributed by atoms with Crippen LogP contribution in [0.5, 0.6) is 0 Å². The van der Waals surface area contributed by atoms with Crippen LogP contribution in [0, 0.1) is 0 Å². The van der Waals surface area contributed by atoms with Crippen molar-refractivity contribution in [1.29, 1.82) is 0 Å². The van der Waals surface area contributed by atoms with E-state index >= 15 is 0 Å². The van der Waals surface area contributed by atoms with Gasteiger partial charge in [-0.3, -0.25) is 0 Å². The summed E-state index contributed by atoms with van der Waals surface area (Å²) in [5.41, 5.74) is 0.930. The Labute approximate surface area is 100 Å². The van der Waals surface area contributed by atoms with Crippen LogP contribution in [0.3, 0.4) is 0 Å². The summed E-state index contributed by atoms with van der Waals surface area (Å²) in [5.74, 6) is 0. The molecular formula is C12H17NO2S. The van der Waals surface area contributed by atoms with Crippen molar-refractivity contribution in [2.24, 2.45) is 0 Å². The van der Waals surface area contributed by atoms with Gasteiger partial charge >= 0.3 is 0 Å². The summed E-state index contributed by atoms with van der Waals surface area (Å²) < 4.78 is 5.33. The molecule has 0 saturated carbocycles. The first kappa shape index (κ1) is 11.9. The summed E-state index contributed by atoms with van der Waals surface area (Å²) in [6.45, 7) is 3.47. The van der Waals surface area contributed by atoms with Crippen LogP contribution in [0.4, 0.5) is 0 Å². The van der Waals surface area contributed by atoms with Gasteiger partial charge in [0.05, 0.1) is 6.10 Å². The predicted molar refractivity (Wildman–Crippen MR) is 64.6 cm³/mol. The van der Waals surface area contributed by atoms with Crippen LogP contribution in [0.2, 0.25) is 0 Å². The average molecular weight is 239 g/mol. The van der Waals surface area contributed by atoms with Crippen LogP contribution < -0.4 is 0 Å². The van der Waals surface area contributed by atoms with Gasteiger partial charge in [0.2, 0.25) is 0 Å². The predicted octanol–water partition coefficient (Wildman–Crippen LogP) is 2.41. The average Bonchev–Trinajstić information content (AvgIpc) is 2.31. The molecule has 1 aromatic heterocycles. The normalized spacial score (nSPS) is 19.6. The number of hydrogen-bond donors (Lipinski definition) is 1. The monoisotopic (exact) mass is 239 g/mol. The molecule has 1 saturated heterocycles. The Morgan fingerprint density at radius 2 is 2.25 bits per heavy atom. The van der Waals surface area contributed by atoms with E-state index in [9.17, 15) is 5.11 Å². The maximum Gasteiger partial charge on any atom is 0.102 e. The van der Waals surface area contributed by atoms with E-state index in [0.717, 1.165) is 36.6 Å². The van der Waals surface area contributed by atoms with Gasteiger partial charge in [-0.15, -0.1) is 11.8 Å². The molecule has 1 aliphatic rings. The van der Waals surface area contributed by atoms with Crippen LogP contribution in [0.15, 0.2) is 23.4 Å². The van der Waals surface area contributed by atoms with Crippen molar-refractivity contribution in [3.8, 4) is 0 Å². The Bertz CT molecular complexity index is 338. The molecule has 1 fully saturated rings. The van der Waals surface area contributed by atoms with Gasteiger partial charge in [0.15, 0.2) is 0 Å². The van der Waals surface area contributed by atoms with Gasteiger partial charge in [0.1, 0.15) is 5.03 Å². The zero-order valence-electron chi connectivity index (χ0n) is 9.43. The number of aliphatic hydroxyl groups excluding tert-OH is 1. The van der Waals surface area contributed by atoms with Crippen LogP contribution in [0.1, 0.15) is 31.4 Å². The largest absolute Gasteiger partial charge is 0.389 e. The molecular weight excluding hydrogens is 222 g/mol. The number of ether oxygens (including phenoxy) is 1. The molecule has 1 aromatic rings. The lowest BCUT2D eigenvalue weighted by atomic mass is 10.2. The smallest absolute Gasteiger partial charge is 0.102 e. The van der Waals surface area contributed by atoms with Gasteiger partial charge in [0, 0.05) is 30.2 Å². The maximum absolute atomic E-state index is 9.66. The van der Waals surface area contributed by atoms with Crippen molar-refractivity contribution < 1.29 is 9.84 Å². The van der Waals surface area contributed by atoms with Gasteiger partial charge < -0.3 is 9.84 Å². The Morgan fingerprint density at radius 1 is 1.50 bits per heavy atom. The number of aromatic nitrogens is 1. The highest BCUT2D eigenvalue weighted by Gasteiger charge is 2.18. The Hall–Kier alpha value is -0.580. The molecule has 3 nitrogen and oxygen atoms in total. The van der Waals surface area contributed by atoms with Crippen molar-refractivity contribution in [2.45, 2.75) is 36.1 Å². The van der Waals surface area contributed by atoms with Crippen molar-refractivity contribution >= 4 is 11.8 Å². The number of thioether (sulfide) groups is 1. The fourth-order valence-corrected chi connectivity index (χ4v) is 3.01. The lowest BCUT2D eigenvalue weighted by Crippen LogP contribution is -2.17. The zero-order valence-corrected chi connectivity index (χ0v) is 10.2. The van der Waals surface area contributed by atoms with E-state index in [2.05, 4.69) is 4.98 Å². The molecule has 1 atom stereocenters. The third-order valence-electron chi connectivity index (χ3n) is 2.70. The molecule has 1 aliphatic heterocycles. The minimum Gasteiger partial charge on any atom is -0.389 e. The van der Waals surface area contributed by atoms with Gasteiger partial charge in [-0.05, 0) is 25.8 Å². The molecule has 16 heavy (non-hydrogen) atoms. The third-order valence-corrected chi connectivity index (χ3v) is 4.07. The lowest BCUT2D eigenvalue weighted by molar-refractivity contribution is 0.1000. The van der Waals surface area contributed by atoms with Gasteiger partial charge in [-0.2, -0.15) is 0 Å². The minimum atomic E-state index is -0.448. The zero-order chi connectivity index (χ0) is 11.4. The van der Waals surface area contributed by atoms with E-state index < -0.39 is 6.10 Å². The highest BCUT2D eigenvalue weighted by atomic mass is 32.2. The van der Waals surface area contributed by atoms with Gasteiger partial charge in [-0.25, -0.2) is 4.98 Å². The molecule has 0 spiro atoms. The quantitative estimate of drug-likeness (QED) is 0.879. The van der Waals surface area contributed by atoms with Gasteiger partial charge in [-0.1, -0.05) is 6.07 Å². The second-order valence-corrected chi connectivity index (χ2v) is 5.29. The standard InChI is InChI=1S/C12H17NO2S/c1-9(14)11-3-2-6-13-12(11)16-10-4-7-15-8-5-10/h2-3,6,9-10,14H,4-5,7-8H2,1H3/t9-/m0/s1. The number of rotatable bonds is 3. The number of pyridine rings is 1. The molecule has 0 unspecified atom stereocenters. The van der Waals surface area contributed by atoms with E-state index in [0.29, 0.717) is 5.25 Å². The number of nitrogens with zero attached hydrogens (tertiary/aromatic N) is 1. The number of aliphatic hydroxyl groups is 1. The summed E-state index contributed by atoms with van der Waals surface area (Å²) >= 11 is 1.77. The second-order valence-electron chi connectivity index (χ2n) is 4.00. The summed E-state index contributed by atoms with van der Waals surface area (Å²) in [6, 6.07) is 3.81. The molecule has 4 heteroatoms. The van der Waals surface area contributed by atoms with E-state index in [1.54, 1.807) is 24.9 Å². The Morgan fingerprint density at radius 3 is 2.94 bits per heavy atom. The first-order valence-electron chi connectivity index (χ1n) is 5.65. The maximum atomic E-state index is 9.66. The molecule has 1 N–H and O–H groups in total. The van der Waals surface area contributed by atoms with Crippen LogP contribution >= 0.6 is 11.8 Å². The molecule has 0 aliphatic carbocycles. The van der Waals surface area contributed by atoms with Crippen LogP contribution in [-0.4, -0.2) is 28.6 Å². The minimum absolute atomic E-state index is 0.448. The second kappa shape index (κ2) is 5.66. The lowest BCUT2D eigenvalue weighted by Gasteiger charge is -2.22. The first-order chi connectivity index (χ1) is 7.77. The highest BCUT2D eigenvalue weighted by molar-refractivity contribution is 7.99. The topological polar surface area (TPSA) is 42.4 Å². The van der Waals surface area contributed by atoms with E-state index in [-0.39, 0.29) is 0 Å². The van der Waals surface area contributed by atoms with E-state index in [4.69, 9.17) is 4.74 Å². The SMILES string of the molecule is C[C@H](O)c1cccnc1SC1CCOCC1. The first-order valence-corrected chi connectivity index (χ1v) is 6.52. The Kier molecular flexibility index (Phi) is 4.21. The molecule has 2 rings (SSSR count). The third kappa shape index (κ3) is 2.97.